The van der Waals surface area contributed by atoms with Crippen LogP contribution in [-0.2, 0) is 0 Å². The predicted octanol–water partition coefficient (Wildman–Crippen LogP) is 3.40. The summed E-state index contributed by atoms with van der Waals surface area (Å²) in [6, 6.07) is 10.3. The van der Waals surface area contributed by atoms with Gasteiger partial charge in [-0.1, -0.05) is 30.7 Å². The van der Waals surface area contributed by atoms with Crippen LogP contribution >= 0.6 is 0 Å². The van der Waals surface area contributed by atoms with Crippen LogP contribution in [0.5, 0.6) is 5.75 Å². The molecular formula is C15H23NO. The van der Waals surface area contributed by atoms with Gasteiger partial charge in [0.25, 0.3) is 0 Å². The van der Waals surface area contributed by atoms with E-state index in [1.165, 1.54) is 5.57 Å². The maximum atomic E-state index is 5.76. The lowest BCUT2D eigenvalue weighted by Crippen LogP contribution is -2.35. The van der Waals surface area contributed by atoms with Crippen molar-refractivity contribution in [2.75, 3.05) is 13.2 Å². The third kappa shape index (κ3) is 6.12. The number of rotatable bonds is 8. The highest BCUT2D eigenvalue weighted by molar-refractivity contribution is 5.21. The first-order chi connectivity index (χ1) is 8.22. The molecule has 0 aliphatic carbocycles. The predicted molar refractivity (Wildman–Crippen MR) is 73.4 cm³/mol. The van der Waals surface area contributed by atoms with Gasteiger partial charge >= 0.3 is 0 Å². The van der Waals surface area contributed by atoms with Crippen molar-refractivity contribution in [1.82, 2.24) is 5.32 Å². The molecule has 1 aromatic carbocycles. The summed E-state index contributed by atoms with van der Waals surface area (Å²) in [7, 11) is 0. The van der Waals surface area contributed by atoms with Gasteiger partial charge in [-0.05, 0) is 38.4 Å². The minimum atomic E-state index is 0.354. The Morgan fingerprint density at radius 1 is 1.35 bits per heavy atom. The minimum Gasteiger partial charge on any atom is -0.492 e. The van der Waals surface area contributed by atoms with Crippen molar-refractivity contribution in [2.45, 2.75) is 32.7 Å². The average Bonchev–Trinajstić information content (AvgIpc) is 2.33. The van der Waals surface area contributed by atoms with Gasteiger partial charge in [-0.15, -0.1) is 6.58 Å². The van der Waals surface area contributed by atoms with Crippen molar-refractivity contribution in [1.29, 1.82) is 0 Å². The summed E-state index contributed by atoms with van der Waals surface area (Å²) in [6.45, 7) is 9.91. The van der Waals surface area contributed by atoms with E-state index >= 15 is 0 Å². The Bertz CT molecular complexity index is 321. The number of hydrogen-bond acceptors (Lipinski definition) is 2. The van der Waals surface area contributed by atoms with E-state index in [2.05, 4.69) is 25.7 Å². The van der Waals surface area contributed by atoms with Crippen molar-refractivity contribution in [3.63, 3.8) is 0 Å². The average molecular weight is 233 g/mol. The monoisotopic (exact) mass is 233 g/mol. The van der Waals surface area contributed by atoms with Gasteiger partial charge in [0.05, 0.1) is 0 Å². The quantitative estimate of drug-likeness (QED) is 0.695. The second kappa shape index (κ2) is 7.91. The van der Waals surface area contributed by atoms with E-state index in [0.29, 0.717) is 12.6 Å². The van der Waals surface area contributed by atoms with Gasteiger partial charge in [0, 0.05) is 6.04 Å². The summed E-state index contributed by atoms with van der Waals surface area (Å²) < 4.78 is 5.76. The highest BCUT2D eigenvalue weighted by Gasteiger charge is 2.08. The van der Waals surface area contributed by atoms with E-state index in [4.69, 9.17) is 4.74 Å². The second-order valence-corrected chi connectivity index (χ2v) is 4.44. The molecule has 94 valence electrons. The van der Waals surface area contributed by atoms with Gasteiger partial charge in [0.15, 0.2) is 0 Å². The van der Waals surface area contributed by atoms with Crippen LogP contribution in [0.15, 0.2) is 42.5 Å². The second-order valence-electron chi connectivity index (χ2n) is 4.44. The van der Waals surface area contributed by atoms with Gasteiger partial charge in [-0.3, -0.25) is 0 Å². The summed E-state index contributed by atoms with van der Waals surface area (Å²) >= 11 is 0. The smallest absolute Gasteiger partial charge is 0.119 e. The Labute approximate surface area is 105 Å². The van der Waals surface area contributed by atoms with Crippen LogP contribution in [0, 0.1) is 0 Å². The Morgan fingerprint density at radius 2 is 2.06 bits per heavy atom. The molecule has 0 aliphatic heterocycles. The molecule has 0 saturated heterocycles. The first-order valence-corrected chi connectivity index (χ1v) is 6.28. The zero-order valence-electron chi connectivity index (χ0n) is 10.9. The van der Waals surface area contributed by atoms with E-state index in [0.717, 1.165) is 25.1 Å². The number of hydrogen-bond donors (Lipinski definition) is 1. The molecule has 2 heteroatoms. The number of para-hydroxylation sites is 1. The normalized spacial score (nSPS) is 12.1. The third-order valence-electron chi connectivity index (χ3n) is 2.47. The van der Waals surface area contributed by atoms with Crippen LogP contribution < -0.4 is 10.1 Å². The van der Waals surface area contributed by atoms with Crippen LogP contribution in [-0.4, -0.2) is 19.2 Å². The van der Waals surface area contributed by atoms with Gasteiger partial charge in [0.1, 0.15) is 12.4 Å². The maximum absolute atomic E-state index is 5.76. The Balaban J connectivity index is 2.40. The van der Waals surface area contributed by atoms with E-state index in [-0.39, 0.29) is 0 Å². The fourth-order valence-corrected chi connectivity index (χ4v) is 1.67. The standard InChI is InChI=1S/C15H23NO/c1-4-10-16-14(11-13(2)3)12-17-15-8-6-5-7-9-15/h5-9,14,16H,2,4,10-12H2,1,3H3. The van der Waals surface area contributed by atoms with Crippen molar-refractivity contribution in [3.05, 3.63) is 42.5 Å². The van der Waals surface area contributed by atoms with Crippen LogP contribution in [0.3, 0.4) is 0 Å². The molecule has 1 atom stereocenters. The van der Waals surface area contributed by atoms with Crippen molar-refractivity contribution >= 4 is 0 Å². The summed E-state index contributed by atoms with van der Waals surface area (Å²) in [4.78, 5) is 0. The lowest BCUT2D eigenvalue weighted by molar-refractivity contribution is 0.263. The summed E-state index contributed by atoms with van der Waals surface area (Å²) in [5.74, 6) is 0.928. The molecular weight excluding hydrogens is 210 g/mol. The molecule has 0 radical (unpaired) electrons. The lowest BCUT2D eigenvalue weighted by atomic mass is 10.1. The third-order valence-corrected chi connectivity index (χ3v) is 2.47. The van der Waals surface area contributed by atoms with E-state index in [1.807, 2.05) is 30.3 Å². The molecule has 0 bridgehead atoms. The van der Waals surface area contributed by atoms with Crippen LogP contribution in [0.4, 0.5) is 0 Å². The number of ether oxygens (including phenoxy) is 1. The SMILES string of the molecule is C=C(C)CC(COc1ccccc1)NCCC. The molecule has 0 heterocycles. The summed E-state index contributed by atoms with van der Waals surface area (Å²) in [5.41, 5.74) is 1.19. The first-order valence-electron chi connectivity index (χ1n) is 6.28. The zero-order valence-corrected chi connectivity index (χ0v) is 10.9. The zero-order chi connectivity index (χ0) is 12.5. The molecule has 0 saturated carbocycles. The molecule has 1 unspecified atom stereocenters. The molecule has 2 nitrogen and oxygen atoms in total. The van der Waals surface area contributed by atoms with Crippen LogP contribution in [0.25, 0.3) is 0 Å². The number of benzene rings is 1. The molecule has 0 fully saturated rings. The van der Waals surface area contributed by atoms with Gasteiger partial charge in [0.2, 0.25) is 0 Å². The van der Waals surface area contributed by atoms with E-state index in [9.17, 15) is 0 Å². The van der Waals surface area contributed by atoms with Gasteiger partial charge in [-0.25, -0.2) is 0 Å². The highest BCUT2D eigenvalue weighted by atomic mass is 16.5. The van der Waals surface area contributed by atoms with Crippen molar-refractivity contribution in [2.24, 2.45) is 0 Å². The topological polar surface area (TPSA) is 21.3 Å². The maximum Gasteiger partial charge on any atom is 0.119 e. The molecule has 0 spiro atoms. The largest absolute Gasteiger partial charge is 0.492 e. The highest BCUT2D eigenvalue weighted by Crippen LogP contribution is 2.10. The van der Waals surface area contributed by atoms with Gasteiger partial charge in [-0.2, -0.15) is 0 Å². The van der Waals surface area contributed by atoms with Crippen LogP contribution in [0.1, 0.15) is 26.7 Å². The molecule has 1 N–H and O–H groups in total. The lowest BCUT2D eigenvalue weighted by Gasteiger charge is -2.19. The fraction of sp³-hybridized carbons (Fsp3) is 0.467. The molecule has 0 amide bonds. The fourth-order valence-electron chi connectivity index (χ4n) is 1.67. The van der Waals surface area contributed by atoms with E-state index in [1.54, 1.807) is 0 Å². The van der Waals surface area contributed by atoms with Crippen molar-refractivity contribution in [3.8, 4) is 5.75 Å². The molecule has 0 aromatic heterocycles. The molecule has 1 aromatic rings. The molecule has 0 aliphatic rings. The summed E-state index contributed by atoms with van der Waals surface area (Å²) in [6.07, 6.45) is 2.10. The first kappa shape index (κ1) is 13.8. The van der Waals surface area contributed by atoms with Crippen LogP contribution in [0.2, 0.25) is 0 Å². The Hall–Kier alpha value is -1.28. The Kier molecular flexibility index (Phi) is 6.41. The summed E-state index contributed by atoms with van der Waals surface area (Å²) in [5, 5.41) is 3.49. The Morgan fingerprint density at radius 3 is 2.65 bits per heavy atom. The number of nitrogens with one attached hydrogen (secondary N) is 1. The van der Waals surface area contributed by atoms with Gasteiger partial charge < -0.3 is 10.1 Å². The van der Waals surface area contributed by atoms with E-state index < -0.39 is 0 Å². The van der Waals surface area contributed by atoms with Crippen molar-refractivity contribution < 1.29 is 4.74 Å². The molecule has 17 heavy (non-hydrogen) atoms. The minimum absolute atomic E-state index is 0.354. The molecule has 1 rings (SSSR count).